The van der Waals surface area contributed by atoms with E-state index in [-0.39, 0.29) is 17.9 Å². The van der Waals surface area contributed by atoms with Crippen LogP contribution in [-0.2, 0) is 27.4 Å². The molecule has 0 aromatic heterocycles. The molecule has 0 bridgehead atoms. The standard InChI is InChI=1S/C21H31N3O3/c1-4-27-17-12-21(22,20(17,2)3)19(26)23-11-7-10-18(25)24-13-15-8-5-6-9-16(15)14-24/h5-6,8-9,17H,4,7,10-14,22H2,1-3H3,(H,23,26). The molecule has 1 fully saturated rings. The summed E-state index contributed by atoms with van der Waals surface area (Å²) < 4.78 is 5.67. The van der Waals surface area contributed by atoms with Crippen molar-refractivity contribution >= 4 is 11.8 Å². The van der Waals surface area contributed by atoms with Crippen LogP contribution in [0.1, 0.15) is 51.2 Å². The first-order valence-corrected chi connectivity index (χ1v) is 9.83. The molecule has 6 heteroatoms. The zero-order valence-corrected chi connectivity index (χ0v) is 16.6. The second kappa shape index (κ2) is 7.60. The molecule has 0 spiro atoms. The third-order valence-corrected chi connectivity index (χ3v) is 6.28. The second-order valence-electron chi connectivity index (χ2n) is 8.22. The van der Waals surface area contributed by atoms with Crippen LogP contribution in [-0.4, -0.2) is 41.5 Å². The first-order valence-electron chi connectivity index (χ1n) is 9.83. The average Bonchev–Trinajstić information content (AvgIpc) is 3.08. The van der Waals surface area contributed by atoms with Crippen molar-refractivity contribution in [3.63, 3.8) is 0 Å². The van der Waals surface area contributed by atoms with Gasteiger partial charge in [0.05, 0.1) is 6.10 Å². The summed E-state index contributed by atoms with van der Waals surface area (Å²) in [6.45, 7) is 8.34. The number of nitrogens with one attached hydrogen (secondary N) is 1. The lowest BCUT2D eigenvalue weighted by atomic mass is 9.54. The maximum atomic E-state index is 12.6. The molecule has 0 saturated heterocycles. The van der Waals surface area contributed by atoms with E-state index in [1.165, 1.54) is 11.1 Å². The van der Waals surface area contributed by atoms with Gasteiger partial charge in [0.2, 0.25) is 11.8 Å². The van der Waals surface area contributed by atoms with E-state index in [1.807, 2.05) is 37.8 Å². The Bertz CT molecular complexity index is 693. The Morgan fingerprint density at radius 3 is 2.44 bits per heavy atom. The Morgan fingerprint density at radius 2 is 1.89 bits per heavy atom. The van der Waals surface area contributed by atoms with Crippen LogP contribution in [0.15, 0.2) is 24.3 Å². The number of nitrogens with zero attached hydrogens (tertiary/aromatic N) is 1. The fourth-order valence-electron chi connectivity index (χ4n) is 4.09. The molecule has 1 heterocycles. The number of amides is 2. The number of hydrogen-bond acceptors (Lipinski definition) is 4. The van der Waals surface area contributed by atoms with E-state index in [4.69, 9.17) is 10.5 Å². The molecule has 1 aromatic rings. The molecule has 27 heavy (non-hydrogen) atoms. The molecule has 1 aromatic carbocycles. The molecule has 3 rings (SSSR count). The van der Waals surface area contributed by atoms with Gasteiger partial charge in [-0.3, -0.25) is 9.59 Å². The Kier molecular flexibility index (Phi) is 5.58. The van der Waals surface area contributed by atoms with Gasteiger partial charge in [-0.25, -0.2) is 0 Å². The van der Waals surface area contributed by atoms with Gasteiger partial charge >= 0.3 is 0 Å². The van der Waals surface area contributed by atoms with Crippen LogP contribution in [0.5, 0.6) is 0 Å². The fraction of sp³-hybridized carbons (Fsp3) is 0.619. The first kappa shape index (κ1) is 19.8. The molecule has 1 aliphatic carbocycles. The number of hydrogen-bond donors (Lipinski definition) is 2. The van der Waals surface area contributed by atoms with Crippen molar-refractivity contribution in [3.05, 3.63) is 35.4 Å². The smallest absolute Gasteiger partial charge is 0.240 e. The third kappa shape index (κ3) is 3.60. The predicted molar refractivity (Wildman–Crippen MR) is 104 cm³/mol. The van der Waals surface area contributed by atoms with Crippen LogP contribution in [0.3, 0.4) is 0 Å². The SMILES string of the molecule is CCOC1CC(N)(C(=O)NCCCC(=O)N2Cc3ccccc3C2)C1(C)C. The van der Waals surface area contributed by atoms with Gasteiger partial charge in [-0.05, 0) is 24.5 Å². The normalized spacial score (nSPS) is 25.6. The summed E-state index contributed by atoms with van der Waals surface area (Å²) in [7, 11) is 0. The molecule has 2 atom stereocenters. The lowest BCUT2D eigenvalue weighted by Gasteiger charge is -2.57. The van der Waals surface area contributed by atoms with Gasteiger partial charge in [-0.1, -0.05) is 38.1 Å². The predicted octanol–water partition coefficient (Wildman–Crippen LogP) is 1.96. The Labute approximate surface area is 161 Å². The summed E-state index contributed by atoms with van der Waals surface area (Å²) in [5.41, 5.74) is 7.50. The Balaban J connectivity index is 1.41. The van der Waals surface area contributed by atoms with Crippen molar-refractivity contribution in [3.8, 4) is 0 Å². The van der Waals surface area contributed by atoms with E-state index in [2.05, 4.69) is 17.4 Å². The molecular weight excluding hydrogens is 342 g/mol. The molecule has 1 saturated carbocycles. The van der Waals surface area contributed by atoms with Gasteiger partial charge in [0, 0.05) is 44.5 Å². The van der Waals surface area contributed by atoms with Crippen molar-refractivity contribution < 1.29 is 14.3 Å². The number of carbonyl (C=O) groups excluding carboxylic acids is 2. The van der Waals surface area contributed by atoms with Gasteiger partial charge in [0.25, 0.3) is 0 Å². The van der Waals surface area contributed by atoms with E-state index in [0.717, 1.165) is 0 Å². The van der Waals surface area contributed by atoms with Gasteiger partial charge in [0.1, 0.15) is 5.54 Å². The van der Waals surface area contributed by atoms with Crippen LogP contribution in [0, 0.1) is 5.41 Å². The largest absolute Gasteiger partial charge is 0.378 e. The summed E-state index contributed by atoms with van der Waals surface area (Å²) in [5.74, 6) is -0.0206. The van der Waals surface area contributed by atoms with Crippen molar-refractivity contribution in [2.24, 2.45) is 11.1 Å². The van der Waals surface area contributed by atoms with Crippen molar-refractivity contribution in [2.45, 2.75) is 64.8 Å². The summed E-state index contributed by atoms with van der Waals surface area (Å²) in [6.07, 6.45) is 1.58. The molecule has 2 amide bonds. The minimum atomic E-state index is -0.909. The summed E-state index contributed by atoms with van der Waals surface area (Å²) in [5, 5.41) is 2.92. The van der Waals surface area contributed by atoms with Gasteiger partial charge in [0.15, 0.2) is 0 Å². The summed E-state index contributed by atoms with van der Waals surface area (Å²) in [6, 6.07) is 8.14. The zero-order chi connectivity index (χ0) is 19.7. The number of rotatable bonds is 7. The maximum absolute atomic E-state index is 12.6. The lowest BCUT2D eigenvalue weighted by molar-refractivity contribution is -0.170. The molecule has 1 aliphatic heterocycles. The highest BCUT2D eigenvalue weighted by Gasteiger charge is 2.62. The minimum absolute atomic E-state index is 0.0108. The average molecular weight is 373 g/mol. The third-order valence-electron chi connectivity index (χ3n) is 6.28. The Morgan fingerprint density at radius 1 is 1.26 bits per heavy atom. The van der Waals surface area contributed by atoms with Crippen LogP contribution in [0.25, 0.3) is 0 Å². The van der Waals surface area contributed by atoms with Crippen LogP contribution in [0.2, 0.25) is 0 Å². The van der Waals surface area contributed by atoms with E-state index in [9.17, 15) is 9.59 Å². The Hall–Kier alpha value is -1.92. The van der Waals surface area contributed by atoms with Crippen LogP contribution < -0.4 is 11.1 Å². The fourth-order valence-corrected chi connectivity index (χ4v) is 4.09. The van der Waals surface area contributed by atoms with E-state index < -0.39 is 11.0 Å². The van der Waals surface area contributed by atoms with Gasteiger partial charge in [-0.2, -0.15) is 0 Å². The molecule has 148 valence electrons. The molecule has 6 nitrogen and oxygen atoms in total. The highest BCUT2D eigenvalue weighted by molar-refractivity contribution is 5.88. The molecule has 2 unspecified atom stereocenters. The molecule has 3 N–H and O–H groups in total. The highest BCUT2D eigenvalue weighted by atomic mass is 16.5. The summed E-state index contributed by atoms with van der Waals surface area (Å²) >= 11 is 0. The van der Waals surface area contributed by atoms with Gasteiger partial charge < -0.3 is 20.7 Å². The second-order valence-corrected chi connectivity index (χ2v) is 8.22. The minimum Gasteiger partial charge on any atom is -0.378 e. The highest BCUT2D eigenvalue weighted by Crippen LogP contribution is 2.49. The number of benzene rings is 1. The van der Waals surface area contributed by atoms with E-state index in [1.54, 1.807) is 0 Å². The number of ether oxygens (including phenoxy) is 1. The molecule has 0 radical (unpaired) electrons. The lowest BCUT2D eigenvalue weighted by Crippen LogP contribution is -2.75. The van der Waals surface area contributed by atoms with Crippen LogP contribution in [0.4, 0.5) is 0 Å². The quantitative estimate of drug-likeness (QED) is 0.716. The monoisotopic (exact) mass is 373 g/mol. The molecule has 2 aliphatic rings. The van der Waals surface area contributed by atoms with Crippen molar-refractivity contribution in [1.29, 1.82) is 0 Å². The van der Waals surface area contributed by atoms with E-state index in [0.29, 0.717) is 45.5 Å². The zero-order valence-electron chi connectivity index (χ0n) is 16.6. The van der Waals surface area contributed by atoms with Crippen molar-refractivity contribution in [1.82, 2.24) is 10.2 Å². The molecular formula is C21H31N3O3. The topological polar surface area (TPSA) is 84.7 Å². The van der Waals surface area contributed by atoms with Crippen LogP contribution >= 0.6 is 0 Å². The first-order chi connectivity index (χ1) is 12.8. The number of nitrogens with two attached hydrogens (primary N) is 1. The van der Waals surface area contributed by atoms with E-state index >= 15 is 0 Å². The number of carbonyl (C=O) groups is 2. The summed E-state index contributed by atoms with van der Waals surface area (Å²) in [4.78, 5) is 26.9. The number of fused-ring (bicyclic) bond motifs is 1. The van der Waals surface area contributed by atoms with Crippen molar-refractivity contribution in [2.75, 3.05) is 13.2 Å². The van der Waals surface area contributed by atoms with Gasteiger partial charge in [-0.15, -0.1) is 0 Å². The maximum Gasteiger partial charge on any atom is 0.240 e.